The van der Waals surface area contributed by atoms with E-state index in [0.29, 0.717) is 0 Å². The molecule has 0 bridgehead atoms. The highest BCUT2D eigenvalue weighted by molar-refractivity contribution is 5.79. The third kappa shape index (κ3) is 5.87. The van der Waals surface area contributed by atoms with Crippen molar-refractivity contribution in [3.8, 4) is 0 Å². The molecule has 1 rings (SSSR count). The number of nitrogens with one attached hydrogen (secondary N) is 1. The van der Waals surface area contributed by atoms with Gasteiger partial charge in [-0.2, -0.15) is 0 Å². The molecule has 1 N–H and O–H groups in total. The number of unbranched alkanes of at least 4 members (excludes halogenated alkanes) is 1. The first-order valence-electron chi connectivity index (χ1n) is 7.11. The molecular formula is C16H26N4. The van der Waals surface area contributed by atoms with Crippen LogP contribution in [0.5, 0.6) is 0 Å². The zero-order valence-electron chi connectivity index (χ0n) is 12.9. The SMILES string of the molecule is C=CCCCN(C)C(=NC)NCCc1ccc(C)nc1. The third-order valence-corrected chi connectivity index (χ3v) is 3.14. The lowest BCUT2D eigenvalue weighted by Crippen LogP contribution is -2.40. The molecule has 0 atom stereocenters. The van der Waals surface area contributed by atoms with E-state index in [1.54, 1.807) is 0 Å². The summed E-state index contributed by atoms with van der Waals surface area (Å²) in [6.45, 7) is 7.59. The van der Waals surface area contributed by atoms with Crippen LogP contribution in [0.15, 0.2) is 36.0 Å². The maximum Gasteiger partial charge on any atom is 0.193 e. The summed E-state index contributed by atoms with van der Waals surface area (Å²) in [4.78, 5) is 10.8. The molecular weight excluding hydrogens is 248 g/mol. The number of allylic oxidation sites excluding steroid dienone is 1. The third-order valence-electron chi connectivity index (χ3n) is 3.14. The number of pyridine rings is 1. The van der Waals surface area contributed by atoms with Gasteiger partial charge in [-0.05, 0) is 37.8 Å². The van der Waals surface area contributed by atoms with Crippen molar-refractivity contribution in [3.63, 3.8) is 0 Å². The van der Waals surface area contributed by atoms with Crippen LogP contribution in [0, 0.1) is 6.92 Å². The molecule has 0 unspecified atom stereocenters. The summed E-state index contributed by atoms with van der Waals surface area (Å²) in [5.41, 5.74) is 2.30. The molecule has 0 aliphatic rings. The smallest absolute Gasteiger partial charge is 0.193 e. The lowest BCUT2D eigenvalue weighted by Gasteiger charge is -2.21. The molecule has 0 fully saturated rings. The Labute approximate surface area is 122 Å². The van der Waals surface area contributed by atoms with Crippen LogP contribution in [0.4, 0.5) is 0 Å². The van der Waals surface area contributed by atoms with Gasteiger partial charge in [-0.1, -0.05) is 12.1 Å². The van der Waals surface area contributed by atoms with E-state index in [1.165, 1.54) is 5.56 Å². The largest absolute Gasteiger partial charge is 0.356 e. The highest BCUT2D eigenvalue weighted by atomic mass is 15.3. The van der Waals surface area contributed by atoms with Crippen LogP contribution < -0.4 is 5.32 Å². The van der Waals surface area contributed by atoms with Crippen molar-refractivity contribution < 1.29 is 0 Å². The second-order valence-electron chi connectivity index (χ2n) is 4.88. The average molecular weight is 274 g/mol. The number of aryl methyl sites for hydroxylation is 1. The van der Waals surface area contributed by atoms with Crippen molar-refractivity contribution in [1.82, 2.24) is 15.2 Å². The Morgan fingerprint density at radius 2 is 2.30 bits per heavy atom. The van der Waals surface area contributed by atoms with Gasteiger partial charge in [-0.25, -0.2) is 0 Å². The van der Waals surface area contributed by atoms with Gasteiger partial charge >= 0.3 is 0 Å². The Hall–Kier alpha value is -1.84. The van der Waals surface area contributed by atoms with E-state index in [9.17, 15) is 0 Å². The van der Waals surface area contributed by atoms with Gasteiger partial charge in [0.05, 0.1) is 0 Å². The number of hydrogen-bond acceptors (Lipinski definition) is 2. The minimum atomic E-state index is 0.864. The number of aliphatic imine (C=N–C) groups is 1. The predicted octanol–water partition coefficient (Wildman–Crippen LogP) is 2.41. The Kier molecular flexibility index (Phi) is 7.40. The number of nitrogens with zero attached hydrogens (tertiary/aromatic N) is 3. The molecule has 110 valence electrons. The molecule has 4 nitrogen and oxygen atoms in total. The quantitative estimate of drug-likeness (QED) is 0.359. The van der Waals surface area contributed by atoms with Crippen LogP contribution in [0.25, 0.3) is 0 Å². The van der Waals surface area contributed by atoms with E-state index in [2.05, 4.69) is 39.9 Å². The molecule has 1 heterocycles. The second-order valence-corrected chi connectivity index (χ2v) is 4.88. The van der Waals surface area contributed by atoms with E-state index < -0.39 is 0 Å². The van der Waals surface area contributed by atoms with Crippen LogP contribution in [-0.2, 0) is 6.42 Å². The van der Waals surface area contributed by atoms with Crippen molar-refractivity contribution in [2.24, 2.45) is 4.99 Å². The lowest BCUT2D eigenvalue weighted by molar-refractivity contribution is 0.470. The van der Waals surface area contributed by atoms with Crippen molar-refractivity contribution >= 4 is 5.96 Å². The minimum Gasteiger partial charge on any atom is -0.356 e. The second kappa shape index (κ2) is 9.13. The molecule has 0 radical (unpaired) electrons. The lowest BCUT2D eigenvalue weighted by atomic mass is 10.2. The Morgan fingerprint density at radius 3 is 2.90 bits per heavy atom. The maximum absolute atomic E-state index is 4.30. The van der Waals surface area contributed by atoms with Crippen molar-refractivity contribution in [2.75, 3.05) is 27.2 Å². The zero-order valence-corrected chi connectivity index (χ0v) is 12.9. The van der Waals surface area contributed by atoms with Crippen LogP contribution in [0.1, 0.15) is 24.1 Å². The summed E-state index contributed by atoms with van der Waals surface area (Å²) in [6.07, 6.45) is 6.98. The van der Waals surface area contributed by atoms with E-state index in [0.717, 1.165) is 44.0 Å². The highest BCUT2D eigenvalue weighted by Gasteiger charge is 2.04. The van der Waals surface area contributed by atoms with Gasteiger partial charge in [0.2, 0.25) is 0 Å². The molecule has 1 aromatic rings. The van der Waals surface area contributed by atoms with Crippen LogP contribution >= 0.6 is 0 Å². The summed E-state index contributed by atoms with van der Waals surface area (Å²) in [7, 11) is 3.88. The normalized spacial score (nSPS) is 11.2. The zero-order chi connectivity index (χ0) is 14.8. The molecule has 0 spiro atoms. The van der Waals surface area contributed by atoms with Gasteiger partial charge in [0, 0.05) is 39.1 Å². The van der Waals surface area contributed by atoms with Gasteiger partial charge in [0.15, 0.2) is 5.96 Å². The van der Waals surface area contributed by atoms with Crippen LogP contribution in [0.2, 0.25) is 0 Å². The van der Waals surface area contributed by atoms with Gasteiger partial charge in [-0.3, -0.25) is 9.98 Å². The van der Waals surface area contributed by atoms with Gasteiger partial charge < -0.3 is 10.2 Å². The molecule has 1 aromatic heterocycles. The first-order chi connectivity index (χ1) is 9.67. The fourth-order valence-electron chi connectivity index (χ4n) is 1.93. The van der Waals surface area contributed by atoms with E-state index in [-0.39, 0.29) is 0 Å². The molecule has 0 amide bonds. The molecule has 20 heavy (non-hydrogen) atoms. The predicted molar refractivity (Wildman–Crippen MR) is 86.1 cm³/mol. The fraction of sp³-hybridized carbons (Fsp3) is 0.500. The topological polar surface area (TPSA) is 40.5 Å². The van der Waals surface area contributed by atoms with Crippen LogP contribution in [-0.4, -0.2) is 43.0 Å². The van der Waals surface area contributed by atoms with Gasteiger partial charge in [0.25, 0.3) is 0 Å². The number of hydrogen-bond donors (Lipinski definition) is 1. The maximum atomic E-state index is 4.30. The summed E-state index contributed by atoms with van der Waals surface area (Å²) in [5.74, 6) is 0.939. The molecule has 0 aliphatic carbocycles. The standard InChI is InChI=1S/C16H26N4/c1-5-6-7-12-20(4)16(17-3)18-11-10-15-9-8-14(2)19-13-15/h5,8-9,13H,1,6-7,10-12H2,2-4H3,(H,17,18). The molecule has 0 aliphatic heterocycles. The summed E-state index contributed by atoms with van der Waals surface area (Å²) in [6, 6.07) is 4.17. The summed E-state index contributed by atoms with van der Waals surface area (Å²) < 4.78 is 0. The Balaban J connectivity index is 2.34. The van der Waals surface area contributed by atoms with Crippen molar-refractivity contribution in [1.29, 1.82) is 0 Å². The van der Waals surface area contributed by atoms with E-state index in [4.69, 9.17) is 0 Å². The van der Waals surface area contributed by atoms with Gasteiger partial charge in [-0.15, -0.1) is 6.58 Å². The molecule has 0 aromatic carbocycles. The number of aromatic nitrogens is 1. The first-order valence-corrected chi connectivity index (χ1v) is 7.11. The fourth-order valence-corrected chi connectivity index (χ4v) is 1.93. The molecule has 0 saturated heterocycles. The summed E-state index contributed by atoms with van der Waals surface area (Å²) in [5, 5.41) is 3.38. The summed E-state index contributed by atoms with van der Waals surface area (Å²) >= 11 is 0. The minimum absolute atomic E-state index is 0.864. The van der Waals surface area contributed by atoms with Crippen LogP contribution in [0.3, 0.4) is 0 Å². The van der Waals surface area contributed by atoms with Crippen molar-refractivity contribution in [3.05, 3.63) is 42.2 Å². The monoisotopic (exact) mass is 274 g/mol. The van der Waals surface area contributed by atoms with E-state index >= 15 is 0 Å². The highest BCUT2D eigenvalue weighted by Crippen LogP contribution is 2.00. The average Bonchev–Trinajstić information content (AvgIpc) is 2.45. The van der Waals surface area contributed by atoms with Gasteiger partial charge in [0.1, 0.15) is 0 Å². The van der Waals surface area contributed by atoms with E-state index in [1.807, 2.05) is 32.3 Å². The number of rotatable bonds is 7. The Bertz CT molecular complexity index is 423. The molecule has 0 saturated carbocycles. The number of guanidine groups is 1. The Morgan fingerprint density at radius 1 is 1.50 bits per heavy atom. The molecule has 4 heteroatoms. The first kappa shape index (κ1) is 16.2. The van der Waals surface area contributed by atoms with Crippen molar-refractivity contribution in [2.45, 2.75) is 26.2 Å².